The maximum atomic E-state index is 13.4. The Bertz CT molecular complexity index is 1660. The Morgan fingerprint density at radius 2 is 1.77 bits per heavy atom. The van der Waals surface area contributed by atoms with E-state index in [9.17, 15) is 13.2 Å². The molecule has 2 aromatic carbocycles. The van der Waals surface area contributed by atoms with E-state index < -0.39 is 11.9 Å². The summed E-state index contributed by atoms with van der Waals surface area (Å²) >= 11 is 0. The second-order valence-electron chi connectivity index (χ2n) is 9.93. The summed E-state index contributed by atoms with van der Waals surface area (Å²) in [5, 5.41) is 6.25. The predicted octanol–water partition coefficient (Wildman–Crippen LogP) is 6.83. The van der Waals surface area contributed by atoms with Gasteiger partial charge < -0.3 is 9.88 Å². The molecule has 0 amide bonds. The van der Waals surface area contributed by atoms with Gasteiger partial charge >= 0.3 is 6.18 Å². The summed E-state index contributed by atoms with van der Waals surface area (Å²) in [6.07, 6.45) is 0.868. The molecule has 5 aromatic rings. The van der Waals surface area contributed by atoms with E-state index in [1.54, 1.807) is 0 Å². The topological polar surface area (TPSA) is 62.6 Å². The molecule has 4 heterocycles. The van der Waals surface area contributed by atoms with Crippen LogP contribution in [0.2, 0.25) is 0 Å². The molecule has 6 nitrogen and oxygen atoms in total. The lowest BCUT2D eigenvalue weighted by Gasteiger charge is -2.27. The summed E-state index contributed by atoms with van der Waals surface area (Å²) in [4.78, 5) is 13.3. The van der Waals surface area contributed by atoms with Crippen LogP contribution in [0.4, 0.5) is 19.1 Å². The molecule has 1 aliphatic rings. The van der Waals surface area contributed by atoms with E-state index in [4.69, 9.17) is 5.10 Å². The summed E-state index contributed by atoms with van der Waals surface area (Å²) in [5.41, 5.74) is 8.67. The molecule has 0 unspecified atom stereocenters. The predicted molar refractivity (Wildman–Crippen MR) is 146 cm³/mol. The number of aromatic amines is 1. The number of nitrogens with zero attached hydrogens (tertiary/aromatic N) is 5. The smallest absolute Gasteiger partial charge is 0.361 e. The fourth-order valence-electron chi connectivity index (χ4n) is 5.64. The highest BCUT2D eigenvalue weighted by molar-refractivity contribution is 5.97. The van der Waals surface area contributed by atoms with Crippen LogP contribution in [0.3, 0.4) is 0 Å². The standard InChI is InChI=1S/C30H29F3N6/c1-4-19-7-6-8-20(5-2)27(19)39-28(22-10-9-18(3)26-21(22)11-14-34-26)23-17-38(16-13-24(23)37-39)29-35-15-12-25(36-29)30(31,32)33/h6-12,14-15,34H,4-5,13,16-17H2,1-3H3. The number of aryl methyl sites for hydroxylation is 3. The van der Waals surface area contributed by atoms with Gasteiger partial charge in [0.05, 0.1) is 17.1 Å². The molecule has 200 valence electrons. The van der Waals surface area contributed by atoms with Crippen LogP contribution >= 0.6 is 0 Å². The van der Waals surface area contributed by atoms with Crippen molar-refractivity contribution < 1.29 is 13.2 Å². The van der Waals surface area contributed by atoms with Crippen molar-refractivity contribution in [3.05, 3.63) is 88.5 Å². The number of hydrogen-bond donors (Lipinski definition) is 1. The summed E-state index contributed by atoms with van der Waals surface area (Å²) < 4.78 is 42.3. The molecular weight excluding hydrogens is 501 g/mol. The van der Waals surface area contributed by atoms with Crippen LogP contribution in [-0.4, -0.2) is 31.3 Å². The zero-order chi connectivity index (χ0) is 27.3. The number of rotatable bonds is 5. The number of H-pyrrole nitrogens is 1. The number of fused-ring (bicyclic) bond motifs is 2. The van der Waals surface area contributed by atoms with Gasteiger partial charge in [0.25, 0.3) is 0 Å². The Labute approximate surface area is 224 Å². The van der Waals surface area contributed by atoms with Gasteiger partial charge in [-0.2, -0.15) is 18.3 Å². The lowest BCUT2D eigenvalue weighted by Crippen LogP contribution is -2.32. The maximum Gasteiger partial charge on any atom is 0.433 e. The fraction of sp³-hybridized carbons (Fsp3) is 0.300. The second-order valence-corrected chi connectivity index (χ2v) is 9.93. The number of aromatic nitrogens is 5. The average molecular weight is 531 g/mol. The van der Waals surface area contributed by atoms with Gasteiger partial charge in [-0.15, -0.1) is 0 Å². The van der Waals surface area contributed by atoms with Crippen LogP contribution in [0.25, 0.3) is 27.8 Å². The maximum absolute atomic E-state index is 13.4. The van der Waals surface area contributed by atoms with E-state index in [1.807, 2.05) is 11.1 Å². The zero-order valence-electron chi connectivity index (χ0n) is 22.1. The first-order valence-electron chi connectivity index (χ1n) is 13.2. The van der Waals surface area contributed by atoms with E-state index in [2.05, 4.69) is 76.8 Å². The highest BCUT2D eigenvalue weighted by atomic mass is 19.4. The molecule has 1 N–H and O–H groups in total. The monoisotopic (exact) mass is 530 g/mol. The molecule has 1 aliphatic heterocycles. The number of para-hydroxylation sites is 1. The van der Waals surface area contributed by atoms with Gasteiger partial charge in [-0.05, 0) is 48.6 Å². The number of hydrogen-bond acceptors (Lipinski definition) is 4. The molecule has 0 atom stereocenters. The van der Waals surface area contributed by atoms with Gasteiger partial charge in [0.2, 0.25) is 5.95 Å². The largest absolute Gasteiger partial charge is 0.433 e. The SMILES string of the molecule is CCc1cccc(CC)c1-n1nc2c(c1-c1ccc(C)c3[nH]ccc13)CN(c1nccc(C(F)(F)F)n1)CC2. The van der Waals surface area contributed by atoms with Crippen molar-refractivity contribution in [1.29, 1.82) is 0 Å². The van der Waals surface area contributed by atoms with Crippen LogP contribution < -0.4 is 4.90 Å². The summed E-state index contributed by atoms with van der Waals surface area (Å²) in [6.45, 7) is 7.20. The minimum atomic E-state index is -4.53. The molecule has 6 rings (SSSR count). The van der Waals surface area contributed by atoms with Crippen molar-refractivity contribution >= 4 is 16.9 Å². The summed E-state index contributed by atoms with van der Waals surface area (Å²) in [6, 6.07) is 13.6. The third-order valence-corrected chi connectivity index (χ3v) is 7.61. The quantitative estimate of drug-likeness (QED) is 0.271. The number of anilines is 1. The first-order valence-corrected chi connectivity index (χ1v) is 13.2. The molecule has 0 radical (unpaired) electrons. The van der Waals surface area contributed by atoms with Gasteiger partial charge in [-0.25, -0.2) is 14.6 Å². The minimum absolute atomic E-state index is 0.0769. The van der Waals surface area contributed by atoms with Crippen molar-refractivity contribution in [3.8, 4) is 16.9 Å². The van der Waals surface area contributed by atoms with E-state index in [-0.39, 0.29) is 5.95 Å². The lowest BCUT2D eigenvalue weighted by atomic mass is 9.96. The molecule has 0 aliphatic carbocycles. The Hall–Kier alpha value is -4.14. The molecule has 0 saturated carbocycles. The van der Waals surface area contributed by atoms with Gasteiger partial charge in [-0.1, -0.05) is 44.2 Å². The first kappa shape index (κ1) is 25.2. The molecular formula is C30H29F3N6. The first-order chi connectivity index (χ1) is 18.8. The van der Waals surface area contributed by atoms with E-state index >= 15 is 0 Å². The highest BCUT2D eigenvalue weighted by Gasteiger charge is 2.34. The normalized spacial score (nSPS) is 13.7. The molecule has 0 fully saturated rings. The summed E-state index contributed by atoms with van der Waals surface area (Å²) in [7, 11) is 0. The van der Waals surface area contributed by atoms with Crippen LogP contribution in [0.1, 0.15) is 47.5 Å². The van der Waals surface area contributed by atoms with Gasteiger partial charge in [0.1, 0.15) is 5.69 Å². The number of benzene rings is 2. The number of nitrogens with one attached hydrogen (secondary N) is 1. The minimum Gasteiger partial charge on any atom is -0.361 e. The van der Waals surface area contributed by atoms with Crippen molar-refractivity contribution in [2.45, 2.75) is 52.8 Å². The van der Waals surface area contributed by atoms with Gasteiger partial charge in [0, 0.05) is 53.9 Å². The van der Waals surface area contributed by atoms with Crippen molar-refractivity contribution in [2.75, 3.05) is 11.4 Å². The Morgan fingerprint density at radius 1 is 1.00 bits per heavy atom. The molecule has 39 heavy (non-hydrogen) atoms. The average Bonchev–Trinajstić information content (AvgIpc) is 3.58. The van der Waals surface area contributed by atoms with Gasteiger partial charge in [0.15, 0.2) is 0 Å². The zero-order valence-corrected chi connectivity index (χ0v) is 22.1. The third kappa shape index (κ3) is 4.26. The molecule has 0 saturated heterocycles. The van der Waals surface area contributed by atoms with E-state index in [1.165, 1.54) is 17.3 Å². The number of alkyl halides is 3. The highest BCUT2D eigenvalue weighted by Crippen LogP contribution is 2.39. The van der Waals surface area contributed by atoms with Crippen LogP contribution in [-0.2, 0) is 32.0 Å². The Kier molecular flexibility index (Phi) is 6.16. The fourth-order valence-corrected chi connectivity index (χ4v) is 5.64. The molecule has 9 heteroatoms. The molecule has 3 aromatic heterocycles. The Balaban J connectivity index is 1.58. The van der Waals surface area contributed by atoms with E-state index in [0.717, 1.165) is 63.6 Å². The van der Waals surface area contributed by atoms with Gasteiger partial charge in [-0.3, -0.25) is 0 Å². The lowest BCUT2D eigenvalue weighted by molar-refractivity contribution is -0.141. The summed E-state index contributed by atoms with van der Waals surface area (Å²) in [5.74, 6) is 0.0769. The van der Waals surface area contributed by atoms with Crippen molar-refractivity contribution in [2.24, 2.45) is 0 Å². The number of halogens is 3. The van der Waals surface area contributed by atoms with Crippen molar-refractivity contribution in [1.82, 2.24) is 24.7 Å². The van der Waals surface area contributed by atoms with Crippen LogP contribution in [0.15, 0.2) is 54.9 Å². The van der Waals surface area contributed by atoms with E-state index in [0.29, 0.717) is 19.5 Å². The Morgan fingerprint density at radius 3 is 2.49 bits per heavy atom. The van der Waals surface area contributed by atoms with Crippen LogP contribution in [0, 0.1) is 6.92 Å². The third-order valence-electron chi connectivity index (χ3n) is 7.61. The molecule has 0 spiro atoms. The van der Waals surface area contributed by atoms with Crippen molar-refractivity contribution in [3.63, 3.8) is 0 Å². The second kappa shape index (κ2) is 9.55. The molecule has 0 bridgehead atoms. The van der Waals surface area contributed by atoms with Crippen LogP contribution in [0.5, 0.6) is 0 Å².